The summed E-state index contributed by atoms with van der Waals surface area (Å²) in [5.41, 5.74) is 0.189. The first-order chi connectivity index (χ1) is 11.7. The van der Waals surface area contributed by atoms with Crippen LogP contribution in [0.25, 0.3) is 0 Å². The van der Waals surface area contributed by atoms with Crippen LogP contribution in [0.5, 0.6) is 11.6 Å². The number of carbonyl (C=O) groups excluding carboxylic acids is 1. The van der Waals surface area contributed by atoms with Crippen LogP contribution < -0.4 is 20.4 Å². The van der Waals surface area contributed by atoms with Crippen LogP contribution in [0.3, 0.4) is 0 Å². The van der Waals surface area contributed by atoms with Gasteiger partial charge in [0.05, 0.1) is 0 Å². The molecule has 0 bridgehead atoms. The van der Waals surface area contributed by atoms with Crippen molar-refractivity contribution in [2.45, 2.75) is 13.1 Å². The van der Waals surface area contributed by atoms with E-state index in [0.717, 1.165) is 11.8 Å². The second-order valence-corrected chi connectivity index (χ2v) is 4.93. The number of aromatic amines is 1. The third-order valence-electron chi connectivity index (χ3n) is 3.12. The molecule has 3 aromatic rings. The van der Waals surface area contributed by atoms with E-state index >= 15 is 0 Å². The van der Waals surface area contributed by atoms with Crippen LogP contribution in [-0.2, 0) is 17.9 Å². The number of carbonyl (C=O) groups is 1. The minimum Gasteiger partial charge on any atom is -0.439 e. The maximum absolute atomic E-state index is 11.9. The molecule has 1 aromatic carbocycles. The molecule has 0 aliphatic carbocycles. The van der Waals surface area contributed by atoms with Crippen molar-refractivity contribution >= 4 is 5.91 Å². The molecule has 3 rings (SSSR count). The first kappa shape index (κ1) is 15.5. The number of rotatable bonds is 6. The Hall–Kier alpha value is -3.42. The Bertz CT molecular complexity index is 873. The highest BCUT2D eigenvalue weighted by Gasteiger charge is 2.14. The van der Waals surface area contributed by atoms with E-state index in [1.807, 2.05) is 36.4 Å². The van der Waals surface area contributed by atoms with Crippen molar-refractivity contribution in [3.8, 4) is 11.6 Å². The van der Waals surface area contributed by atoms with Crippen molar-refractivity contribution < 1.29 is 18.7 Å². The second kappa shape index (κ2) is 7.23. The van der Waals surface area contributed by atoms with Gasteiger partial charge >= 0.3 is 5.63 Å². The first-order valence-corrected chi connectivity index (χ1v) is 7.22. The predicted molar refractivity (Wildman–Crippen MR) is 82.1 cm³/mol. The Balaban J connectivity index is 1.62. The molecule has 122 valence electrons. The van der Waals surface area contributed by atoms with Crippen molar-refractivity contribution in [1.82, 2.24) is 15.6 Å². The van der Waals surface area contributed by atoms with Gasteiger partial charge in [0.15, 0.2) is 0 Å². The number of benzene rings is 1. The molecule has 1 amide bonds. The van der Waals surface area contributed by atoms with Gasteiger partial charge in [0.25, 0.3) is 18.6 Å². The maximum Gasteiger partial charge on any atom is 0.426 e. The molecule has 0 unspecified atom stereocenters. The summed E-state index contributed by atoms with van der Waals surface area (Å²) >= 11 is 0. The van der Waals surface area contributed by atoms with Crippen LogP contribution in [0.2, 0.25) is 0 Å². The lowest BCUT2D eigenvalue weighted by molar-refractivity contribution is -0.751. The van der Waals surface area contributed by atoms with Crippen molar-refractivity contribution in [2.24, 2.45) is 0 Å². The summed E-state index contributed by atoms with van der Waals surface area (Å²) in [5.74, 6) is 0.801. The zero-order chi connectivity index (χ0) is 16.8. The number of aromatic nitrogens is 3. The van der Waals surface area contributed by atoms with Gasteiger partial charge in [0, 0.05) is 18.3 Å². The lowest BCUT2D eigenvalue weighted by Crippen LogP contribution is -2.44. The van der Waals surface area contributed by atoms with Crippen LogP contribution >= 0.6 is 0 Å². The molecule has 0 fully saturated rings. The molecule has 0 saturated carbocycles. The van der Waals surface area contributed by atoms with Gasteiger partial charge in [-0.3, -0.25) is 9.32 Å². The van der Waals surface area contributed by atoms with Crippen molar-refractivity contribution in [1.29, 1.82) is 0 Å². The van der Waals surface area contributed by atoms with Gasteiger partial charge in [-0.1, -0.05) is 28.9 Å². The number of hydrogen-bond donors (Lipinski definition) is 2. The number of hydrogen-bond acceptors (Lipinski definition) is 5. The van der Waals surface area contributed by atoms with E-state index in [4.69, 9.17) is 4.74 Å². The third kappa shape index (κ3) is 4.07. The average Bonchev–Trinajstić information content (AvgIpc) is 3.00. The van der Waals surface area contributed by atoms with Gasteiger partial charge in [-0.15, -0.1) is 0 Å². The molecular weight excluding hydrogens is 312 g/mol. The Labute approximate surface area is 136 Å². The summed E-state index contributed by atoms with van der Waals surface area (Å²) in [6.07, 6.45) is 2.78. The lowest BCUT2D eigenvalue weighted by Gasteiger charge is -2.10. The Morgan fingerprint density at radius 3 is 2.83 bits per heavy atom. The van der Waals surface area contributed by atoms with Crippen molar-refractivity contribution in [2.75, 3.05) is 0 Å². The highest BCUT2D eigenvalue weighted by molar-refractivity contribution is 5.74. The minimum absolute atomic E-state index is 0.0547. The van der Waals surface area contributed by atoms with Crippen molar-refractivity contribution in [3.63, 3.8) is 0 Å². The summed E-state index contributed by atoms with van der Waals surface area (Å²) in [4.78, 5) is 27.0. The van der Waals surface area contributed by atoms with E-state index in [0.29, 0.717) is 11.6 Å². The number of ether oxygens (including phenoxy) is 1. The molecule has 0 saturated heterocycles. The molecule has 2 heterocycles. The van der Waals surface area contributed by atoms with Gasteiger partial charge in [-0.05, 0) is 23.5 Å². The molecule has 2 aromatic heterocycles. The summed E-state index contributed by atoms with van der Waals surface area (Å²) in [6.45, 7) is 0.193. The number of amides is 1. The molecule has 0 spiro atoms. The molecule has 2 N–H and O–H groups in total. The van der Waals surface area contributed by atoms with E-state index in [-0.39, 0.29) is 19.0 Å². The zero-order valence-corrected chi connectivity index (χ0v) is 12.6. The number of para-hydroxylation sites is 1. The smallest absolute Gasteiger partial charge is 0.426 e. The van der Waals surface area contributed by atoms with Gasteiger partial charge < -0.3 is 10.1 Å². The minimum atomic E-state index is -0.548. The van der Waals surface area contributed by atoms with Gasteiger partial charge in [0.2, 0.25) is 5.88 Å². The predicted octanol–water partition coefficient (Wildman–Crippen LogP) is 0.759. The molecule has 8 heteroatoms. The van der Waals surface area contributed by atoms with E-state index in [1.165, 1.54) is 4.68 Å². The normalized spacial score (nSPS) is 10.3. The lowest BCUT2D eigenvalue weighted by atomic mass is 10.2. The number of pyridine rings is 1. The number of nitrogens with one attached hydrogen (secondary N) is 2. The highest BCUT2D eigenvalue weighted by atomic mass is 16.5. The van der Waals surface area contributed by atoms with Gasteiger partial charge in [-0.2, -0.15) is 0 Å². The quantitative estimate of drug-likeness (QED) is 0.651. The van der Waals surface area contributed by atoms with E-state index in [2.05, 4.69) is 20.1 Å². The Morgan fingerprint density at radius 1 is 1.25 bits per heavy atom. The topological polar surface area (TPSA) is 101 Å². The summed E-state index contributed by atoms with van der Waals surface area (Å²) in [7, 11) is 0. The van der Waals surface area contributed by atoms with E-state index in [9.17, 15) is 9.59 Å². The van der Waals surface area contributed by atoms with Crippen LogP contribution in [-0.4, -0.2) is 16.2 Å². The highest BCUT2D eigenvalue weighted by Crippen LogP contribution is 2.22. The molecule has 24 heavy (non-hydrogen) atoms. The van der Waals surface area contributed by atoms with E-state index < -0.39 is 5.63 Å². The molecule has 8 nitrogen and oxygen atoms in total. The summed E-state index contributed by atoms with van der Waals surface area (Å²) in [5, 5.41) is 5.05. The number of H-pyrrole nitrogens is 1. The van der Waals surface area contributed by atoms with Crippen LogP contribution in [0.1, 0.15) is 5.56 Å². The Morgan fingerprint density at radius 2 is 2.08 bits per heavy atom. The fraction of sp³-hybridized carbons (Fsp3) is 0.125. The molecule has 0 aliphatic heterocycles. The van der Waals surface area contributed by atoms with Crippen LogP contribution in [0.4, 0.5) is 0 Å². The fourth-order valence-electron chi connectivity index (χ4n) is 2.02. The third-order valence-corrected chi connectivity index (χ3v) is 3.12. The zero-order valence-electron chi connectivity index (χ0n) is 12.6. The maximum atomic E-state index is 11.9. The van der Waals surface area contributed by atoms with Crippen LogP contribution in [0.15, 0.2) is 64.2 Å². The summed E-state index contributed by atoms with van der Waals surface area (Å²) < 4.78 is 11.5. The molecule has 0 atom stereocenters. The average molecular weight is 327 g/mol. The van der Waals surface area contributed by atoms with Crippen LogP contribution in [0, 0.1) is 0 Å². The Kier molecular flexibility index (Phi) is 4.66. The second-order valence-electron chi connectivity index (χ2n) is 4.93. The van der Waals surface area contributed by atoms with Gasteiger partial charge in [0.1, 0.15) is 5.75 Å². The standard InChI is InChI=1S/C16H14N4O4/c21-14(10-20-11-15(22)24-19-20)18-9-12-5-4-8-17-16(12)23-13-6-2-1-3-7-13/h1-8,11H,9-10H2,(H-,18,19,21,22)/p+1. The van der Waals surface area contributed by atoms with E-state index in [1.54, 1.807) is 12.3 Å². The first-order valence-electron chi connectivity index (χ1n) is 7.22. The van der Waals surface area contributed by atoms with Crippen molar-refractivity contribution in [3.05, 3.63) is 70.8 Å². The largest absolute Gasteiger partial charge is 0.439 e. The fourth-order valence-corrected chi connectivity index (χ4v) is 2.02. The molecular formula is C16H15N4O4+. The number of nitrogens with zero attached hydrogens (tertiary/aromatic N) is 2. The molecule has 0 radical (unpaired) electrons. The molecule has 0 aliphatic rings. The van der Waals surface area contributed by atoms with Gasteiger partial charge in [-0.25, -0.2) is 9.78 Å². The summed E-state index contributed by atoms with van der Waals surface area (Å²) in [6, 6.07) is 12.8. The SMILES string of the molecule is O=C(C[n+]1cc(=O)o[nH]1)NCc1cccnc1Oc1ccccc1. The monoisotopic (exact) mass is 327 g/mol.